The van der Waals surface area contributed by atoms with Gasteiger partial charge in [-0.25, -0.2) is 9.78 Å². The molecule has 0 saturated heterocycles. The van der Waals surface area contributed by atoms with Gasteiger partial charge < -0.3 is 9.47 Å². The third kappa shape index (κ3) is 4.29. The van der Waals surface area contributed by atoms with E-state index in [9.17, 15) is 9.59 Å². The number of esters is 1. The van der Waals surface area contributed by atoms with E-state index in [4.69, 9.17) is 9.47 Å². The van der Waals surface area contributed by atoms with Crippen molar-refractivity contribution in [3.63, 3.8) is 0 Å². The molecular weight excluding hydrogens is 304 g/mol. The van der Waals surface area contributed by atoms with Gasteiger partial charge in [0.2, 0.25) is 0 Å². The van der Waals surface area contributed by atoms with Crippen LogP contribution in [0.25, 0.3) is 0 Å². The van der Waals surface area contributed by atoms with Crippen molar-refractivity contribution in [1.29, 1.82) is 0 Å². The maximum atomic E-state index is 11.8. The van der Waals surface area contributed by atoms with E-state index in [0.717, 1.165) is 11.3 Å². The first kappa shape index (κ1) is 16.0. The molecule has 0 bridgehead atoms. The summed E-state index contributed by atoms with van der Waals surface area (Å²) in [5.74, 6) is -0.160. The summed E-state index contributed by atoms with van der Waals surface area (Å²) in [4.78, 5) is 28.0. The summed E-state index contributed by atoms with van der Waals surface area (Å²) in [6.07, 6.45) is 0. The van der Waals surface area contributed by atoms with E-state index in [1.165, 1.54) is 0 Å². The van der Waals surface area contributed by atoms with E-state index >= 15 is 0 Å². The minimum Gasteiger partial charge on any atom is -0.484 e. The normalized spacial score (nSPS) is 10.1. The van der Waals surface area contributed by atoms with Gasteiger partial charge in [0.05, 0.1) is 12.3 Å². The highest BCUT2D eigenvalue weighted by Gasteiger charge is 2.17. The van der Waals surface area contributed by atoms with Gasteiger partial charge in [0.1, 0.15) is 10.6 Å². The molecule has 0 aliphatic heterocycles. The van der Waals surface area contributed by atoms with Crippen LogP contribution < -0.4 is 10.1 Å². The predicted molar refractivity (Wildman–Crippen MR) is 83.4 cm³/mol. The van der Waals surface area contributed by atoms with Crippen molar-refractivity contribution in [3.05, 3.63) is 40.9 Å². The Hall–Kier alpha value is -2.41. The van der Waals surface area contributed by atoms with Gasteiger partial charge in [0, 0.05) is 0 Å². The van der Waals surface area contributed by atoms with Crippen LogP contribution in [0.15, 0.2) is 30.3 Å². The highest BCUT2D eigenvalue weighted by molar-refractivity contribution is 7.17. The fourth-order valence-corrected chi connectivity index (χ4v) is 2.53. The highest BCUT2D eigenvalue weighted by Crippen LogP contribution is 2.23. The number of nitrogens with one attached hydrogen (secondary N) is 1. The van der Waals surface area contributed by atoms with Gasteiger partial charge in [-0.1, -0.05) is 29.5 Å². The van der Waals surface area contributed by atoms with Crippen LogP contribution in [-0.4, -0.2) is 30.1 Å². The Bertz CT molecular complexity index is 655. The van der Waals surface area contributed by atoms with E-state index in [2.05, 4.69) is 10.3 Å². The molecule has 0 radical (unpaired) electrons. The number of nitrogens with zero attached hydrogens (tertiary/aromatic N) is 1. The maximum Gasteiger partial charge on any atom is 0.350 e. The standard InChI is InChI=1S/C15H16N2O4S/c1-3-20-14(19)13-10(2)16-15(22-13)17-12(18)9-21-11-7-5-4-6-8-11/h4-8H,3,9H2,1-2H3,(H,16,17,18). The van der Waals surface area contributed by atoms with Crippen molar-refractivity contribution in [2.24, 2.45) is 0 Å². The Kier molecular flexibility index (Phi) is 5.48. The molecule has 0 aliphatic carbocycles. The van der Waals surface area contributed by atoms with Crippen LogP contribution in [0.1, 0.15) is 22.3 Å². The molecule has 0 unspecified atom stereocenters. The molecule has 2 aromatic rings. The number of thiazole rings is 1. The van der Waals surface area contributed by atoms with Gasteiger partial charge in [-0.05, 0) is 26.0 Å². The molecule has 1 heterocycles. The van der Waals surface area contributed by atoms with Gasteiger partial charge >= 0.3 is 5.97 Å². The first-order valence-electron chi connectivity index (χ1n) is 6.72. The molecule has 1 N–H and O–H groups in total. The molecule has 116 valence electrons. The van der Waals surface area contributed by atoms with Gasteiger partial charge in [-0.15, -0.1) is 0 Å². The second-order valence-electron chi connectivity index (χ2n) is 4.30. The number of amides is 1. The minimum absolute atomic E-state index is 0.128. The van der Waals surface area contributed by atoms with Gasteiger partial charge in [-0.2, -0.15) is 0 Å². The average molecular weight is 320 g/mol. The first-order chi connectivity index (χ1) is 10.6. The van der Waals surface area contributed by atoms with E-state index in [1.807, 2.05) is 18.2 Å². The molecule has 2 rings (SSSR count). The Morgan fingerprint density at radius 3 is 2.68 bits per heavy atom. The predicted octanol–water partition coefficient (Wildman–Crippen LogP) is 2.65. The number of carbonyl (C=O) groups excluding carboxylic acids is 2. The lowest BCUT2D eigenvalue weighted by molar-refractivity contribution is -0.118. The van der Waals surface area contributed by atoms with Crippen molar-refractivity contribution >= 4 is 28.3 Å². The first-order valence-corrected chi connectivity index (χ1v) is 7.54. The second-order valence-corrected chi connectivity index (χ2v) is 5.30. The van der Waals surface area contributed by atoms with Crippen LogP contribution in [-0.2, 0) is 9.53 Å². The Morgan fingerprint density at radius 2 is 2.00 bits per heavy atom. The number of rotatable bonds is 6. The zero-order valence-corrected chi connectivity index (χ0v) is 13.1. The summed E-state index contributed by atoms with van der Waals surface area (Å²) in [6, 6.07) is 9.04. The van der Waals surface area contributed by atoms with Crippen molar-refractivity contribution in [2.75, 3.05) is 18.5 Å². The number of aromatic nitrogens is 1. The molecule has 7 heteroatoms. The molecule has 0 saturated carbocycles. The van der Waals surface area contributed by atoms with Gasteiger partial charge in [0.15, 0.2) is 11.7 Å². The molecule has 0 atom stereocenters. The fourth-order valence-electron chi connectivity index (χ4n) is 1.66. The summed E-state index contributed by atoms with van der Waals surface area (Å²) in [7, 11) is 0. The summed E-state index contributed by atoms with van der Waals surface area (Å²) < 4.78 is 10.3. The van der Waals surface area contributed by atoms with Crippen LogP contribution in [0, 0.1) is 6.92 Å². The zero-order valence-electron chi connectivity index (χ0n) is 12.3. The molecule has 22 heavy (non-hydrogen) atoms. The molecule has 6 nitrogen and oxygen atoms in total. The number of anilines is 1. The van der Waals surface area contributed by atoms with Crippen LogP contribution in [0.5, 0.6) is 5.75 Å². The van der Waals surface area contributed by atoms with Crippen LogP contribution in [0.3, 0.4) is 0 Å². The van der Waals surface area contributed by atoms with E-state index in [1.54, 1.807) is 26.0 Å². The molecule has 1 aromatic carbocycles. The second kappa shape index (κ2) is 7.56. The molecule has 1 aromatic heterocycles. The van der Waals surface area contributed by atoms with Crippen molar-refractivity contribution in [3.8, 4) is 5.75 Å². The highest BCUT2D eigenvalue weighted by atomic mass is 32.1. The fraction of sp³-hybridized carbons (Fsp3) is 0.267. The van der Waals surface area contributed by atoms with E-state index in [0.29, 0.717) is 28.1 Å². The smallest absolute Gasteiger partial charge is 0.350 e. The SMILES string of the molecule is CCOC(=O)c1sc(NC(=O)COc2ccccc2)nc1C. The lowest BCUT2D eigenvalue weighted by Gasteiger charge is -2.05. The third-order valence-corrected chi connectivity index (χ3v) is 3.67. The number of para-hydroxylation sites is 1. The summed E-state index contributed by atoms with van der Waals surface area (Å²) >= 11 is 1.08. The largest absolute Gasteiger partial charge is 0.484 e. The average Bonchev–Trinajstić information content (AvgIpc) is 2.87. The van der Waals surface area contributed by atoms with Crippen LogP contribution in [0.4, 0.5) is 5.13 Å². The molecule has 0 aliphatic rings. The van der Waals surface area contributed by atoms with Crippen LogP contribution >= 0.6 is 11.3 Å². The van der Waals surface area contributed by atoms with Crippen LogP contribution in [0.2, 0.25) is 0 Å². The van der Waals surface area contributed by atoms with Gasteiger partial charge in [-0.3, -0.25) is 10.1 Å². The molecular formula is C15H16N2O4S. The number of hydrogen-bond donors (Lipinski definition) is 1. The summed E-state index contributed by atoms with van der Waals surface area (Å²) in [5.41, 5.74) is 0.530. The quantitative estimate of drug-likeness (QED) is 0.828. The number of carbonyl (C=O) groups is 2. The van der Waals surface area contributed by atoms with Gasteiger partial charge in [0.25, 0.3) is 5.91 Å². The number of benzene rings is 1. The van der Waals surface area contributed by atoms with Crippen molar-refractivity contribution in [2.45, 2.75) is 13.8 Å². The lowest BCUT2D eigenvalue weighted by Crippen LogP contribution is -2.20. The number of ether oxygens (including phenoxy) is 2. The Labute approximate surface area is 132 Å². The summed E-state index contributed by atoms with van der Waals surface area (Å²) in [5, 5.41) is 2.96. The van der Waals surface area contributed by atoms with Crippen molar-refractivity contribution in [1.82, 2.24) is 4.98 Å². The third-order valence-electron chi connectivity index (χ3n) is 2.62. The molecule has 0 spiro atoms. The van der Waals surface area contributed by atoms with E-state index in [-0.39, 0.29) is 12.5 Å². The minimum atomic E-state index is -0.432. The Balaban J connectivity index is 1.92. The number of hydrogen-bond acceptors (Lipinski definition) is 6. The molecule has 0 fully saturated rings. The number of aryl methyl sites for hydroxylation is 1. The van der Waals surface area contributed by atoms with Crippen molar-refractivity contribution < 1.29 is 19.1 Å². The lowest BCUT2D eigenvalue weighted by atomic mass is 10.3. The monoisotopic (exact) mass is 320 g/mol. The topological polar surface area (TPSA) is 77.5 Å². The zero-order chi connectivity index (χ0) is 15.9. The Morgan fingerprint density at radius 1 is 1.27 bits per heavy atom. The maximum absolute atomic E-state index is 11.8. The molecule has 1 amide bonds. The van der Waals surface area contributed by atoms with E-state index < -0.39 is 5.97 Å². The summed E-state index contributed by atoms with van der Waals surface area (Å²) in [6.45, 7) is 3.59.